The molecule has 2 amide bonds. The number of ether oxygens (including phenoxy) is 2. The van der Waals surface area contributed by atoms with Gasteiger partial charge in [-0.3, -0.25) is 14.4 Å². The zero-order chi connectivity index (χ0) is 22.8. The first-order valence-electron chi connectivity index (χ1n) is 10.6. The molecule has 166 valence electrons. The molecule has 0 unspecified atom stereocenters. The van der Waals surface area contributed by atoms with Gasteiger partial charge in [-0.15, -0.1) is 0 Å². The van der Waals surface area contributed by atoms with Crippen LogP contribution in [0.3, 0.4) is 0 Å². The van der Waals surface area contributed by atoms with Crippen molar-refractivity contribution in [2.45, 2.75) is 32.4 Å². The summed E-state index contributed by atoms with van der Waals surface area (Å²) in [6.45, 7) is 5.68. The van der Waals surface area contributed by atoms with E-state index in [-0.39, 0.29) is 19.1 Å². The summed E-state index contributed by atoms with van der Waals surface area (Å²) in [5.41, 5.74) is 0.971. The van der Waals surface area contributed by atoms with E-state index in [0.717, 1.165) is 11.1 Å². The zero-order valence-electron chi connectivity index (χ0n) is 18.0. The largest absolute Gasteiger partial charge is 0.493 e. The molecule has 3 aliphatic heterocycles. The quantitative estimate of drug-likeness (QED) is 0.699. The molecule has 0 spiro atoms. The van der Waals surface area contributed by atoms with Crippen molar-refractivity contribution in [1.29, 1.82) is 0 Å². The molecule has 2 aromatic carbocycles. The van der Waals surface area contributed by atoms with Gasteiger partial charge in [0.05, 0.1) is 36.4 Å². The van der Waals surface area contributed by atoms with Crippen molar-refractivity contribution in [1.82, 2.24) is 4.90 Å². The summed E-state index contributed by atoms with van der Waals surface area (Å²) < 4.78 is 11.4. The van der Waals surface area contributed by atoms with Gasteiger partial charge in [-0.2, -0.15) is 0 Å². The van der Waals surface area contributed by atoms with Crippen molar-refractivity contribution >= 4 is 35.1 Å². The Morgan fingerprint density at radius 2 is 2.06 bits per heavy atom. The van der Waals surface area contributed by atoms with E-state index in [1.165, 1.54) is 0 Å². The molecule has 1 N–H and O–H groups in total. The number of anilines is 1. The van der Waals surface area contributed by atoms with Crippen molar-refractivity contribution in [2.24, 2.45) is 11.8 Å². The molecule has 7 nitrogen and oxygen atoms in total. The summed E-state index contributed by atoms with van der Waals surface area (Å²) in [5.74, 6) is -1.98. The second-order valence-corrected chi connectivity index (χ2v) is 9.09. The average Bonchev–Trinajstić information content (AvgIpc) is 2.99. The first-order chi connectivity index (χ1) is 15.3. The number of amides is 2. The third-order valence-corrected chi connectivity index (χ3v) is 7.05. The minimum atomic E-state index is -1.47. The van der Waals surface area contributed by atoms with E-state index in [4.69, 9.17) is 21.1 Å². The van der Waals surface area contributed by atoms with E-state index in [1.54, 1.807) is 36.9 Å². The number of benzene rings is 2. The van der Waals surface area contributed by atoms with Gasteiger partial charge in [0.15, 0.2) is 0 Å². The number of rotatable bonds is 2. The monoisotopic (exact) mass is 454 g/mol. The molecule has 32 heavy (non-hydrogen) atoms. The minimum absolute atomic E-state index is 0.171. The lowest BCUT2D eigenvalue weighted by Gasteiger charge is -2.38. The maximum atomic E-state index is 14.0. The van der Waals surface area contributed by atoms with Crippen LogP contribution in [0.2, 0.25) is 5.02 Å². The van der Waals surface area contributed by atoms with Gasteiger partial charge >= 0.3 is 5.97 Å². The minimum Gasteiger partial charge on any atom is -0.493 e. The molecular weight excluding hydrogens is 432 g/mol. The predicted octanol–water partition coefficient (Wildman–Crippen LogP) is 3.74. The Kier molecular flexibility index (Phi) is 4.71. The molecule has 8 heteroatoms. The number of hydrogen-bond acceptors (Lipinski definition) is 5. The fourth-order valence-electron chi connectivity index (χ4n) is 5.41. The van der Waals surface area contributed by atoms with E-state index in [0.29, 0.717) is 22.0 Å². The number of nitrogens with one attached hydrogen (secondary N) is 1. The first-order valence-corrected chi connectivity index (χ1v) is 11.0. The highest BCUT2D eigenvalue weighted by molar-refractivity contribution is 6.31. The SMILES string of the molecule is CCOC(=O)[C@H]1[C@H]2COc3ccc(C)cc3[C@@H]2N2C(=O)c3ccc(Cl)cc3NC(=O)[C@@]12C. The Morgan fingerprint density at radius 1 is 1.28 bits per heavy atom. The Hall–Kier alpha value is -3.06. The summed E-state index contributed by atoms with van der Waals surface area (Å²) in [5, 5.41) is 3.24. The lowest BCUT2D eigenvalue weighted by atomic mass is 9.77. The normalized spacial score (nSPS) is 27.9. The van der Waals surface area contributed by atoms with E-state index in [1.807, 2.05) is 25.1 Å². The number of aryl methyl sites for hydroxylation is 1. The first kappa shape index (κ1) is 20.8. The third kappa shape index (κ3) is 2.77. The van der Waals surface area contributed by atoms with E-state index < -0.39 is 35.3 Å². The number of nitrogens with zero attached hydrogens (tertiary/aromatic N) is 1. The van der Waals surface area contributed by atoms with E-state index >= 15 is 0 Å². The van der Waals surface area contributed by atoms with Gasteiger partial charge < -0.3 is 19.7 Å². The lowest BCUT2D eigenvalue weighted by Crippen LogP contribution is -2.57. The summed E-state index contributed by atoms with van der Waals surface area (Å²) in [7, 11) is 0. The highest BCUT2D eigenvalue weighted by Gasteiger charge is 2.67. The van der Waals surface area contributed by atoms with Crippen LogP contribution >= 0.6 is 11.6 Å². The van der Waals surface area contributed by atoms with Crippen molar-refractivity contribution in [3.63, 3.8) is 0 Å². The average molecular weight is 455 g/mol. The van der Waals surface area contributed by atoms with Gasteiger partial charge in [0, 0.05) is 16.5 Å². The molecule has 2 aromatic rings. The molecule has 3 aliphatic rings. The highest BCUT2D eigenvalue weighted by atomic mass is 35.5. The number of hydrogen-bond donors (Lipinski definition) is 1. The van der Waals surface area contributed by atoms with Gasteiger partial charge in [0.1, 0.15) is 11.3 Å². The number of halogens is 1. The van der Waals surface area contributed by atoms with Gasteiger partial charge in [-0.25, -0.2) is 0 Å². The van der Waals surface area contributed by atoms with E-state index in [9.17, 15) is 14.4 Å². The van der Waals surface area contributed by atoms with E-state index in [2.05, 4.69) is 5.32 Å². The van der Waals surface area contributed by atoms with Gasteiger partial charge in [-0.05, 0) is 45.0 Å². The molecule has 0 aliphatic carbocycles. The Bertz CT molecular complexity index is 1170. The zero-order valence-corrected chi connectivity index (χ0v) is 18.7. The van der Waals surface area contributed by atoms with Crippen molar-refractivity contribution in [3.05, 3.63) is 58.1 Å². The Labute approximate surface area is 190 Å². The Balaban J connectivity index is 1.76. The molecule has 0 bridgehead atoms. The second-order valence-electron chi connectivity index (χ2n) is 8.66. The number of carbonyl (C=O) groups excluding carboxylic acids is 3. The van der Waals surface area contributed by atoms with Crippen LogP contribution in [-0.2, 0) is 14.3 Å². The molecule has 4 atom stereocenters. The Morgan fingerprint density at radius 3 is 2.81 bits per heavy atom. The third-order valence-electron chi connectivity index (χ3n) is 6.81. The standard InChI is InChI=1S/C24H23ClN2O5/c1-4-31-22(29)19-16-11-32-18-8-5-12(2)9-15(18)20(16)27-21(28)14-7-6-13(25)10-17(14)26-23(30)24(19,27)3/h5-10,16,19-20H,4,11H2,1-3H3,(H,26,30)/t16-,19-,20+,24-/m1/s1. The van der Waals surface area contributed by atoms with Crippen LogP contribution in [0.5, 0.6) is 5.75 Å². The van der Waals surface area contributed by atoms with Crippen LogP contribution in [0.25, 0.3) is 0 Å². The number of carbonyl (C=O) groups is 3. The molecule has 1 saturated heterocycles. The maximum Gasteiger partial charge on any atom is 0.312 e. The lowest BCUT2D eigenvalue weighted by molar-refractivity contribution is -0.155. The maximum absolute atomic E-state index is 14.0. The van der Waals surface area contributed by atoms with Gasteiger partial charge in [0.25, 0.3) is 11.8 Å². The van der Waals surface area contributed by atoms with Crippen molar-refractivity contribution in [2.75, 3.05) is 18.5 Å². The summed E-state index contributed by atoms with van der Waals surface area (Å²) in [4.78, 5) is 42.4. The number of fused-ring (bicyclic) bond motifs is 6. The molecule has 0 radical (unpaired) electrons. The van der Waals surface area contributed by atoms with Crippen LogP contribution in [0.15, 0.2) is 36.4 Å². The predicted molar refractivity (Wildman–Crippen MR) is 118 cm³/mol. The summed E-state index contributed by atoms with van der Waals surface area (Å²) >= 11 is 6.13. The molecule has 0 saturated carbocycles. The molecule has 3 heterocycles. The second kappa shape index (κ2) is 7.24. The van der Waals surface area contributed by atoms with Crippen LogP contribution in [0.4, 0.5) is 5.69 Å². The molecule has 1 fully saturated rings. The molecular formula is C24H23ClN2O5. The summed E-state index contributed by atoms with van der Waals surface area (Å²) in [6, 6.07) is 10.0. The van der Waals surface area contributed by atoms with Crippen molar-refractivity contribution in [3.8, 4) is 5.75 Å². The van der Waals surface area contributed by atoms with Crippen LogP contribution in [0, 0.1) is 18.8 Å². The molecule has 5 rings (SSSR count). The fraction of sp³-hybridized carbons (Fsp3) is 0.375. The van der Waals surface area contributed by atoms with Crippen LogP contribution in [0.1, 0.15) is 41.4 Å². The molecule has 0 aromatic heterocycles. The van der Waals surface area contributed by atoms with Crippen LogP contribution < -0.4 is 10.1 Å². The van der Waals surface area contributed by atoms with Gasteiger partial charge in [-0.1, -0.05) is 29.3 Å². The topological polar surface area (TPSA) is 84.9 Å². The summed E-state index contributed by atoms with van der Waals surface area (Å²) in [6.07, 6.45) is 0. The highest BCUT2D eigenvalue weighted by Crippen LogP contribution is 2.57. The van der Waals surface area contributed by atoms with Crippen molar-refractivity contribution < 1.29 is 23.9 Å². The number of esters is 1. The smallest absolute Gasteiger partial charge is 0.312 e. The van der Waals surface area contributed by atoms with Gasteiger partial charge in [0.2, 0.25) is 0 Å². The van der Waals surface area contributed by atoms with Crippen LogP contribution in [-0.4, -0.2) is 41.4 Å². The fourth-order valence-corrected chi connectivity index (χ4v) is 5.58.